The third kappa shape index (κ3) is 7.10. The first-order chi connectivity index (χ1) is 9.99. The monoisotopic (exact) mass is 292 g/mol. The predicted molar refractivity (Wildman–Crippen MR) is 77.4 cm³/mol. The molecule has 0 saturated carbocycles. The van der Waals surface area contributed by atoms with Gasteiger partial charge in [-0.1, -0.05) is 30.3 Å². The Morgan fingerprint density at radius 1 is 1.14 bits per heavy atom. The molecular weight excluding hydrogens is 272 g/mol. The molecule has 0 spiro atoms. The molecule has 2 amide bonds. The molecular formula is C15H20N2O4. The van der Waals surface area contributed by atoms with E-state index in [1.807, 2.05) is 30.3 Å². The lowest BCUT2D eigenvalue weighted by Crippen LogP contribution is -2.41. The molecule has 4 N–H and O–H groups in total. The average Bonchev–Trinajstić information content (AvgIpc) is 2.44. The number of nitrogens with two attached hydrogens (primary N) is 1. The van der Waals surface area contributed by atoms with E-state index in [2.05, 4.69) is 5.32 Å². The maximum Gasteiger partial charge on any atom is 0.326 e. The highest BCUT2D eigenvalue weighted by Crippen LogP contribution is 2.05. The van der Waals surface area contributed by atoms with Gasteiger partial charge < -0.3 is 16.2 Å². The Morgan fingerprint density at radius 3 is 2.38 bits per heavy atom. The first-order valence-corrected chi connectivity index (χ1v) is 6.83. The number of hydrogen-bond donors (Lipinski definition) is 3. The maximum atomic E-state index is 11.7. The van der Waals surface area contributed by atoms with Gasteiger partial charge in [-0.25, -0.2) is 4.79 Å². The number of carbonyl (C=O) groups excluding carboxylic acids is 2. The van der Waals surface area contributed by atoms with Crippen LogP contribution < -0.4 is 11.1 Å². The fourth-order valence-corrected chi connectivity index (χ4v) is 1.91. The minimum absolute atomic E-state index is 0.00902. The van der Waals surface area contributed by atoms with Crippen molar-refractivity contribution in [3.8, 4) is 0 Å². The number of amides is 2. The molecule has 0 aromatic heterocycles. The third-order valence-corrected chi connectivity index (χ3v) is 3.02. The van der Waals surface area contributed by atoms with Crippen LogP contribution in [0.1, 0.15) is 31.2 Å². The highest BCUT2D eigenvalue weighted by molar-refractivity contribution is 5.84. The Labute approximate surface area is 123 Å². The van der Waals surface area contributed by atoms with Gasteiger partial charge in [0.05, 0.1) is 0 Å². The van der Waals surface area contributed by atoms with Gasteiger partial charge >= 0.3 is 5.97 Å². The van der Waals surface area contributed by atoms with Crippen LogP contribution in [0, 0.1) is 0 Å². The fraction of sp³-hybridized carbons (Fsp3) is 0.400. The summed E-state index contributed by atoms with van der Waals surface area (Å²) in [7, 11) is 0. The zero-order valence-electron chi connectivity index (χ0n) is 11.7. The van der Waals surface area contributed by atoms with Crippen molar-refractivity contribution in [2.24, 2.45) is 5.73 Å². The van der Waals surface area contributed by atoms with Gasteiger partial charge in [0.1, 0.15) is 6.04 Å². The second kappa shape index (κ2) is 8.73. The average molecular weight is 292 g/mol. The molecule has 114 valence electrons. The van der Waals surface area contributed by atoms with E-state index in [1.165, 1.54) is 0 Å². The Kier molecular flexibility index (Phi) is 6.94. The summed E-state index contributed by atoms with van der Waals surface area (Å²) in [6.07, 6.45) is 1.58. The molecule has 0 aliphatic heterocycles. The molecule has 21 heavy (non-hydrogen) atoms. The topological polar surface area (TPSA) is 109 Å². The highest BCUT2D eigenvalue weighted by atomic mass is 16.4. The molecule has 0 aliphatic rings. The summed E-state index contributed by atoms with van der Waals surface area (Å²) < 4.78 is 0. The van der Waals surface area contributed by atoms with Crippen molar-refractivity contribution >= 4 is 17.8 Å². The van der Waals surface area contributed by atoms with E-state index in [1.54, 1.807) is 0 Å². The van der Waals surface area contributed by atoms with Gasteiger partial charge in [0, 0.05) is 12.8 Å². The van der Waals surface area contributed by atoms with E-state index < -0.39 is 17.9 Å². The molecule has 6 nitrogen and oxygen atoms in total. The van der Waals surface area contributed by atoms with Crippen molar-refractivity contribution in [2.75, 3.05) is 0 Å². The third-order valence-electron chi connectivity index (χ3n) is 3.02. The highest BCUT2D eigenvalue weighted by Gasteiger charge is 2.20. The second-order valence-corrected chi connectivity index (χ2v) is 4.80. The number of nitrogens with one attached hydrogen (secondary N) is 1. The standard InChI is InChI=1S/C15H20N2O4/c16-13(18)10-9-12(15(20)21)17-14(19)8-4-7-11-5-2-1-3-6-11/h1-3,5-6,12H,4,7-10H2,(H2,16,18)(H,17,19)(H,20,21)/t12-/m0/s1. The molecule has 0 heterocycles. The van der Waals surface area contributed by atoms with Crippen LogP contribution in [0.15, 0.2) is 30.3 Å². The number of aliphatic carboxylic acids is 1. The van der Waals surface area contributed by atoms with Crippen molar-refractivity contribution in [3.05, 3.63) is 35.9 Å². The SMILES string of the molecule is NC(=O)CC[C@H](NC(=O)CCCc1ccccc1)C(=O)O. The normalized spacial score (nSPS) is 11.6. The van der Waals surface area contributed by atoms with Crippen LogP contribution in [0.4, 0.5) is 0 Å². The van der Waals surface area contributed by atoms with Crippen LogP contribution in [0.5, 0.6) is 0 Å². The number of aryl methyl sites for hydroxylation is 1. The minimum Gasteiger partial charge on any atom is -0.480 e. The Morgan fingerprint density at radius 2 is 1.81 bits per heavy atom. The number of rotatable bonds is 9. The van der Waals surface area contributed by atoms with Crippen LogP contribution in [0.3, 0.4) is 0 Å². The maximum absolute atomic E-state index is 11.7. The van der Waals surface area contributed by atoms with Crippen molar-refractivity contribution in [1.82, 2.24) is 5.32 Å². The summed E-state index contributed by atoms with van der Waals surface area (Å²) in [4.78, 5) is 33.3. The lowest BCUT2D eigenvalue weighted by Gasteiger charge is -2.13. The lowest BCUT2D eigenvalue weighted by molar-refractivity contribution is -0.142. The Balaban J connectivity index is 2.33. The number of carbonyl (C=O) groups is 3. The molecule has 0 fully saturated rings. The zero-order chi connectivity index (χ0) is 15.7. The Hall–Kier alpha value is -2.37. The van der Waals surface area contributed by atoms with Crippen molar-refractivity contribution in [1.29, 1.82) is 0 Å². The predicted octanol–water partition coefficient (Wildman–Crippen LogP) is 0.844. The second-order valence-electron chi connectivity index (χ2n) is 4.80. The molecule has 6 heteroatoms. The van der Waals surface area contributed by atoms with Crippen LogP contribution in [-0.4, -0.2) is 28.9 Å². The first-order valence-electron chi connectivity index (χ1n) is 6.83. The first kappa shape index (κ1) is 16.7. The van der Waals surface area contributed by atoms with Crippen LogP contribution in [0.2, 0.25) is 0 Å². The van der Waals surface area contributed by atoms with E-state index in [0.717, 1.165) is 12.0 Å². The summed E-state index contributed by atoms with van der Waals surface area (Å²) >= 11 is 0. The van der Waals surface area contributed by atoms with E-state index in [4.69, 9.17) is 10.8 Å². The molecule has 0 bridgehead atoms. The van der Waals surface area contributed by atoms with E-state index in [9.17, 15) is 14.4 Å². The zero-order valence-corrected chi connectivity index (χ0v) is 11.7. The van der Waals surface area contributed by atoms with Gasteiger partial charge in [0.25, 0.3) is 0 Å². The van der Waals surface area contributed by atoms with E-state index >= 15 is 0 Å². The van der Waals surface area contributed by atoms with Gasteiger partial charge in [0.15, 0.2) is 0 Å². The minimum atomic E-state index is -1.16. The van der Waals surface area contributed by atoms with Crippen LogP contribution in [0.25, 0.3) is 0 Å². The largest absolute Gasteiger partial charge is 0.480 e. The molecule has 1 aromatic carbocycles. The molecule has 0 aliphatic carbocycles. The summed E-state index contributed by atoms with van der Waals surface area (Å²) in [6.45, 7) is 0. The molecule has 1 aromatic rings. The van der Waals surface area contributed by atoms with E-state index in [-0.39, 0.29) is 25.2 Å². The van der Waals surface area contributed by atoms with Crippen molar-refractivity contribution in [2.45, 2.75) is 38.1 Å². The Bertz CT molecular complexity index is 488. The fourth-order valence-electron chi connectivity index (χ4n) is 1.91. The molecule has 0 saturated heterocycles. The van der Waals surface area contributed by atoms with Gasteiger partial charge in [-0.05, 0) is 24.8 Å². The van der Waals surface area contributed by atoms with Gasteiger partial charge in [-0.15, -0.1) is 0 Å². The molecule has 0 unspecified atom stereocenters. The number of carboxylic acids is 1. The number of primary amides is 1. The van der Waals surface area contributed by atoms with Crippen LogP contribution in [-0.2, 0) is 20.8 Å². The summed E-state index contributed by atoms with van der Waals surface area (Å²) in [6, 6.07) is 8.67. The smallest absolute Gasteiger partial charge is 0.326 e. The van der Waals surface area contributed by atoms with Gasteiger partial charge in [0.2, 0.25) is 11.8 Å². The number of hydrogen-bond acceptors (Lipinski definition) is 3. The summed E-state index contributed by atoms with van der Waals surface area (Å²) in [5.41, 5.74) is 6.10. The molecule has 1 rings (SSSR count). The molecule has 0 radical (unpaired) electrons. The number of carboxylic acid groups (broad SMARTS) is 1. The van der Waals surface area contributed by atoms with Gasteiger partial charge in [-0.3, -0.25) is 9.59 Å². The summed E-state index contributed by atoms with van der Waals surface area (Å²) in [5.74, 6) is -2.07. The van der Waals surface area contributed by atoms with E-state index in [0.29, 0.717) is 6.42 Å². The molecule has 1 atom stereocenters. The lowest BCUT2D eigenvalue weighted by atomic mass is 10.1. The van der Waals surface area contributed by atoms with Gasteiger partial charge in [-0.2, -0.15) is 0 Å². The van der Waals surface area contributed by atoms with Crippen molar-refractivity contribution < 1.29 is 19.5 Å². The van der Waals surface area contributed by atoms with Crippen molar-refractivity contribution in [3.63, 3.8) is 0 Å². The number of benzene rings is 1. The summed E-state index contributed by atoms with van der Waals surface area (Å²) in [5, 5.41) is 11.4. The quantitative estimate of drug-likeness (QED) is 0.626. The van der Waals surface area contributed by atoms with Crippen LogP contribution >= 0.6 is 0 Å².